The third-order valence-electron chi connectivity index (χ3n) is 2.41. The molecule has 1 unspecified atom stereocenters. The number of halogens is 1. The first kappa shape index (κ1) is 11.3. The van der Waals surface area contributed by atoms with E-state index in [1.807, 2.05) is 0 Å². The Balaban J connectivity index is 2.30. The Kier molecular flexibility index (Phi) is 3.38. The molecular weight excluding hydrogens is 234 g/mol. The Morgan fingerprint density at radius 1 is 1.50 bits per heavy atom. The molecule has 0 radical (unpaired) electrons. The van der Waals surface area contributed by atoms with Crippen molar-refractivity contribution >= 4 is 17.3 Å². The molecule has 2 rings (SSSR count). The van der Waals surface area contributed by atoms with Crippen LogP contribution in [0.1, 0.15) is 18.1 Å². The molecule has 0 saturated carbocycles. The molecule has 1 heterocycles. The maximum absolute atomic E-state index is 10.6. The second kappa shape index (κ2) is 4.78. The lowest BCUT2D eigenvalue weighted by Gasteiger charge is -2.23. The van der Waals surface area contributed by atoms with Crippen LogP contribution in [0.2, 0.25) is 5.02 Å². The molecule has 1 aliphatic rings. The third-order valence-corrected chi connectivity index (χ3v) is 2.76. The Morgan fingerprint density at radius 2 is 2.31 bits per heavy atom. The maximum Gasteiger partial charge on any atom is 0.269 e. The van der Waals surface area contributed by atoms with Gasteiger partial charge in [-0.15, -0.1) is 0 Å². The summed E-state index contributed by atoms with van der Waals surface area (Å²) < 4.78 is 10.4. The zero-order valence-electron chi connectivity index (χ0n) is 8.39. The molecule has 86 valence electrons. The zero-order valence-corrected chi connectivity index (χ0v) is 9.14. The number of rotatable bonds is 2. The van der Waals surface area contributed by atoms with E-state index in [0.717, 1.165) is 0 Å². The van der Waals surface area contributed by atoms with Crippen LogP contribution in [0.5, 0.6) is 0 Å². The molecule has 0 amide bonds. The van der Waals surface area contributed by atoms with Gasteiger partial charge in [-0.2, -0.15) is 0 Å². The van der Waals surface area contributed by atoms with Crippen LogP contribution >= 0.6 is 11.6 Å². The van der Waals surface area contributed by atoms with Crippen molar-refractivity contribution in [3.8, 4) is 0 Å². The molecule has 1 aliphatic heterocycles. The molecule has 0 bridgehead atoms. The third kappa shape index (κ3) is 2.32. The molecule has 0 spiro atoms. The van der Waals surface area contributed by atoms with Crippen molar-refractivity contribution in [2.75, 3.05) is 13.4 Å². The van der Waals surface area contributed by atoms with Crippen molar-refractivity contribution in [3.63, 3.8) is 0 Å². The zero-order chi connectivity index (χ0) is 11.5. The van der Waals surface area contributed by atoms with Crippen LogP contribution in [-0.4, -0.2) is 18.3 Å². The van der Waals surface area contributed by atoms with Gasteiger partial charge in [-0.25, -0.2) is 0 Å². The molecule has 1 aromatic rings. The van der Waals surface area contributed by atoms with E-state index in [1.54, 1.807) is 0 Å². The van der Waals surface area contributed by atoms with Gasteiger partial charge in [0, 0.05) is 29.1 Å². The van der Waals surface area contributed by atoms with Gasteiger partial charge in [0.25, 0.3) is 5.69 Å². The smallest absolute Gasteiger partial charge is 0.269 e. The molecule has 5 nitrogen and oxygen atoms in total. The largest absolute Gasteiger partial charge is 0.355 e. The topological polar surface area (TPSA) is 61.6 Å². The quantitative estimate of drug-likeness (QED) is 0.592. The van der Waals surface area contributed by atoms with Gasteiger partial charge in [0.05, 0.1) is 17.6 Å². The van der Waals surface area contributed by atoms with Crippen LogP contribution in [0.4, 0.5) is 5.69 Å². The summed E-state index contributed by atoms with van der Waals surface area (Å²) in [5.74, 6) is 0. The van der Waals surface area contributed by atoms with Gasteiger partial charge in [0.2, 0.25) is 0 Å². The molecule has 1 aromatic carbocycles. The lowest BCUT2D eigenvalue weighted by molar-refractivity contribution is -0.385. The van der Waals surface area contributed by atoms with Crippen molar-refractivity contribution in [3.05, 3.63) is 38.9 Å². The standard InChI is InChI=1S/C10H10ClNO4/c11-9-2-1-7(12(13)14)5-8(9)10-3-4-15-6-16-10/h1-2,5,10H,3-4,6H2. The number of non-ortho nitro benzene ring substituents is 1. The van der Waals surface area contributed by atoms with E-state index in [2.05, 4.69) is 0 Å². The average molecular weight is 244 g/mol. The predicted molar refractivity (Wildman–Crippen MR) is 57.4 cm³/mol. The summed E-state index contributed by atoms with van der Waals surface area (Å²) in [7, 11) is 0. The number of nitro groups is 1. The number of benzene rings is 1. The molecular formula is C10H10ClNO4. The van der Waals surface area contributed by atoms with Crippen molar-refractivity contribution in [1.29, 1.82) is 0 Å². The predicted octanol–water partition coefficient (Wildman–Crippen LogP) is 2.68. The van der Waals surface area contributed by atoms with Crippen molar-refractivity contribution in [2.24, 2.45) is 0 Å². The number of hydrogen-bond donors (Lipinski definition) is 0. The van der Waals surface area contributed by atoms with Gasteiger partial charge >= 0.3 is 0 Å². The van der Waals surface area contributed by atoms with Crippen LogP contribution in [0.3, 0.4) is 0 Å². The molecule has 0 aromatic heterocycles. The number of nitro benzene ring substituents is 1. The minimum absolute atomic E-state index is 0.0227. The van der Waals surface area contributed by atoms with Crippen LogP contribution in [0, 0.1) is 10.1 Å². The summed E-state index contributed by atoms with van der Waals surface area (Å²) in [6.45, 7) is 0.771. The minimum Gasteiger partial charge on any atom is -0.355 e. The average Bonchev–Trinajstić information content (AvgIpc) is 2.30. The first-order valence-corrected chi connectivity index (χ1v) is 5.19. The van der Waals surface area contributed by atoms with Gasteiger partial charge in [0.15, 0.2) is 0 Å². The van der Waals surface area contributed by atoms with Crippen LogP contribution < -0.4 is 0 Å². The lowest BCUT2D eigenvalue weighted by Crippen LogP contribution is -2.17. The van der Waals surface area contributed by atoms with E-state index in [9.17, 15) is 10.1 Å². The van der Waals surface area contributed by atoms with Crippen LogP contribution in [0.15, 0.2) is 18.2 Å². The van der Waals surface area contributed by atoms with Crippen molar-refractivity contribution in [2.45, 2.75) is 12.5 Å². The fraction of sp³-hybridized carbons (Fsp3) is 0.400. The fourth-order valence-corrected chi connectivity index (χ4v) is 1.84. The Hall–Kier alpha value is -1.17. The second-order valence-corrected chi connectivity index (χ2v) is 3.84. The van der Waals surface area contributed by atoms with Gasteiger partial charge in [-0.3, -0.25) is 10.1 Å². The summed E-state index contributed by atoms with van der Waals surface area (Å²) in [5, 5.41) is 11.1. The Morgan fingerprint density at radius 3 is 2.94 bits per heavy atom. The summed E-state index contributed by atoms with van der Waals surface area (Å²) in [5.41, 5.74) is 0.675. The normalized spacial score (nSPS) is 20.7. The molecule has 1 saturated heterocycles. The first-order chi connectivity index (χ1) is 7.68. The van der Waals surface area contributed by atoms with Gasteiger partial charge < -0.3 is 9.47 Å². The molecule has 6 heteroatoms. The SMILES string of the molecule is O=[N+]([O-])c1ccc(Cl)c(C2CCOCO2)c1. The summed E-state index contributed by atoms with van der Waals surface area (Å²) >= 11 is 5.99. The van der Waals surface area contributed by atoms with E-state index in [4.69, 9.17) is 21.1 Å². The van der Waals surface area contributed by atoms with Gasteiger partial charge in [0.1, 0.15) is 6.79 Å². The van der Waals surface area contributed by atoms with Gasteiger partial charge in [-0.05, 0) is 6.07 Å². The van der Waals surface area contributed by atoms with E-state index in [1.165, 1.54) is 18.2 Å². The maximum atomic E-state index is 10.6. The van der Waals surface area contributed by atoms with E-state index < -0.39 is 4.92 Å². The van der Waals surface area contributed by atoms with E-state index >= 15 is 0 Å². The van der Waals surface area contributed by atoms with Crippen molar-refractivity contribution < 1.29 is 14.4 Å². The molecule has 0 N–H and O–H groups in total. The van der Waals surface area contributed by atoms with Crippen LogP contribution in [0.25, 0.3) is 0 Å². The fourth-order valence-electron chi connectivity index (χ4n) is 1.60. The summed E-state index contributed by atoms with van der Waals surface area (Å²) in [4.78, 5) is 10.2. The Bertz CT molecular complexity index is 404. The molecule has 1 fully saturated rings. The first-order valence-electron chi connectivity index (χ1n) is 4.81. The van der Waals surface area contributed by atoms with Crippen molar-refractivity contribution in [1.82, 2.24) is 0 Å². The molecule has 1 atom stereocenters. The van der Waals surface area contributed by atoms with E-state index in [-0.39, 0.29) is 18.6 Å². The second-order valence-electron chi connectivity index (χ2n) is 3.43. The van der Waals surface area contributed by atoms with Crippen LogP contribution in [-0.2, 0) is 9.47 Å². The highest BCUT2D eigenvalue weighted by Crippen LogP contribution is 2.32. The molecule has 16 heavy (non-hydrogen) atoms. The Labute approximate surface area is 97.1 Å². The summed E-state index contributed by atoms with van der Waals surface area (Å²) in [6, 6.07) is 4.36. The monoisotopic (exact) mass is 243 g/mol. The number of ether oxygens (including phenoxy) is 2. The highest BCUT2D eigenvalue weighted by molar-refractivity contribution is 6.31. The number of hydrogen-bond acceptors (Lipinski definition) is 4. The summed E-state index contributed by atoms with van der Waals surface area (Å²) in [6.07, 6.45) is 0.433. The lowest BCUT2D eigenvalue weighted by atomic mass is 10.1. The minimum atomic E-state index is -0.445. The van der Waals surface area contributed by atoms with Gasteiger partial charge in [-0.1, -0.05) is 11.6 Å². The highest BCUT2D eigenvalue weighted by atomic mass is 35.5. The molecule has 0 aliphatic carbocycles. The van der Waals surface area contributed by atoms with E-state index in [0.29, 0.717) is 23.6 Å². The number of nitrogens with zero attached hydrogens (tertiary/aromatic N) is 1. The highest BCUT2D eigenvalue weighted by Gasteiger charge is 2.21.